The van der Waals surface area contributed by atoms with Crippen molar-refractivity contribution in [3.05, 3.63) is 29.6 Å². The third-order valence-corrected chi connectivity index (χ3v) is 2.14. The molecule has 2 nitrogen and oxygen atoms in total. The van der Waals surface area contributed by atoms with Crippen LogP contribution in [0.3, 0.4) is 0 Å². The Morgan fingerprint density at radius 3 is 2.73 bits per heavy atom. The number of aliphatic hydroxyl groups is 1. The lowest BCUT2D eigenvalue weighted by Crippen LogP contribution is -1.99. The van der Waals surface area contributed by atoms with Crippen molar-refractivity contribution in [2.75, 3.05) is 6.61 Å². The standard InChI is InChI=1S/C12H17FO2/c1-3-4-5-15-12-7-10(9(2)14)6-11(13)8-12/h6-9,14H,3-5H2,1-2H3/t9-/m1/s1. The third kappa shape index (κ3) is 3.88. The van der Waals surface area contributed by atoms with E-state index in [1.165, 1.54) is 12.1 Å². The van der Waals surface area contributed by atoms with Crippen molar-refractivity contribution in [3.63, 3.8) is 0 Å². The second kappa shape index (κ2) is 5.71. The summed E-state index contributed by atoms with van der Waals surface area (Å²) in [4.78, 5) is 0. The summed E-state index contributed by atoms with van der Waals surface area (Å²) in [5.74, 6) is 0.110. The number of hydrogen-bond acceptors (Lipinski definition) is 2. The molecule has 84 valence electrons. The number of hydrogen-bond donors (Lipinski definition) is 1. The molecule has 0 radical (unpaired) electrons. The van der Waals surface area contributed by atoms with Gasteiger partial charge in [0.15, 0.2) is 0 Å². The summed E-state index contributed by atoms with van der Waals surface area (Å²) in [6.07, 6.45) is 1.31. The van der Waals surface area contributed by atoms with E-state index in [1.807, 2.05) is 0 Å². The van der Waals surface area contributed by atoms with Crippen LogP contribution in [0.15, 0.2) is 18.2 Å². The van der Waals surface area contributed by atoms with Crippen molar-refractivity contribution in [1.29, 1.82) is 0 Å². The van der Waals surface area contributed by atoms with E-state index in [-0.39, 0.29) is 5.82 Å². The van der Waals surface area contributed by atoms with Crippen molar-refractivity contribution in [2.45, 2.75) is 32.8 Å². The van der Waals surface area contributed by atoms with Crippen molar-refractivity contribution < 1.29 is 14.2 Å². The van der Waals surface area contributed by atoms with E-state index in [2.05, 4.69) is 6.92 Å². The molecule has 1 atom stereocenters. The van der Waals surface area contributed by atoms with Gasteiger partial charge in [-0.05, 0) is 31.0 Å². The van der Waals surface area contributed by atoms with Crippen LogP contribution in [0.5, 0.6) is 5.75 Å². The average molecular weight is 212 g/mol. The maximum Gasteiger partial charge on any atom is 0.127 e. The molecular weight excluding hydrogens is 195 g/mol. The van der Waals surface area contributed by atoms with Gasteiger partial charge in [-0.2, -0.15) is 0 Å². The van der Waals surface area contributed by atoms with Gasteiger partial charge >= 0.3 is 0 Å². The summed E-state index contributed by atoms with van der Waals surface area (Å²) in [5.41, 5.74) is 0.543. The van der Waals surface area contributed by atoms with Crippen molar-refractivity contribution >= 4 is 0 Å². The van der Waals surface area contributed by atoms with Gasteiger partial charge in [-0.3, -0.25) is 0 Å². The maximum absolute atomic E-state index is 13.1. The highest BCUT2D eigenvalue weighted by Crippen LogP contribution is 2.21. The molecule has 3 heteroatoms. The molecule has 0 unspecified atom stereocenters. The third-order valence-electron chi connectivity index (χ3n) is 2.14. The molecule has 0 saturated heterocycles. The molecule has 0 spiro atoms. The van der Waals surface area contributed by atoms with Gasteiger partial charge in [-0.25, -0.2) is 4.39 Å². The Balaban J connectivity index is 2.71. The van der Waals surface area contributed by atoms with E-state index in [9.17, 15) is 9.50 Å². The maximum atomic E-state index is 13.1. The molecule has 0 heterocycles. The lowest BCUT2D eigenvalue weighted by molar-refractivity contribution is 0.198. The SMILES string of the molecule is CCCCOc1cc(F)cc([C@@H](C)O)c1. The zero-order chi connectivity index (χ0) is 11.3. The minimum Gasteiger partial charge on any atom is -0.493 e. The van der Waals surface area contributed by atoms with Crippen LogP contribution in [0, 0.1) is 5.82 Å². The summed E-state index contributed by atoms with van der Waals surface area (Å²) < 4.78 is 18.5. The molecule has 1 N–H and O–H groups in total. The Bertz CT molecular complexity index is 310. The predicted molar refractivity (Wildman–Crippen MR) is 57.4 cm³/mol. The fraction of sp³-hybridized carbons (Fsp3) is 0.500. The molecule has 1 rings (SSSR count). The van der Waals surface area contributed by atoms with Crippen molar-refractivity contribution in [3.8, 4) is 5.75 Å². The molecule has 0 saturated carbocycles. The van der Waals surface area contributed by atoms with Crippen LogP contribution >= 0.6 is 0 Å². The summed E-state index contributed by atoms with van der Waals surface area (Å²) in [6, 6.07) is 4.32. The Labute approximate surface area is 89.7 Å². The highest BCUT2D eigenvalue weighted by Gasteiger charge is 2.05. The van der Waals surface area contributed by atoms with Crippen LogP contribution in [0.1, 0.15) is 38.4 Å². The molecule has 15 heavy (non-hydrogen) atoms. The highest BCUT2D eigenvalue weighted by atomic mass is 19.1. The van der Waals surface area contributed by atoms with Gasteiger partial charge in [-0.1, -0.05) is 13.3 Å². The van der Waals surface area contributed by atoms with Crippen LogP contribution < -0.4 is 4.74 Å². The van der Waals surface area contributed by atoms with Crippen LogP contribution in [-0.4, -0.2) is 11.7 Å². The Kier molecular flexibility index (Phi) is 4.56. The normalized spacial score (nSPS) is 12.5. The van der Waals surface area contributed by atoms with E-state index >= 15 is 0 Å². The number of halogens is 1. The molecule has 0 amide bonds. The Hall–Kier alpha value is -1.09. The van der Waals surface area contributed by atoms with Crippen LogP contribution in [0.2, 0.25) is 0 Å². The summed E-state index contributed by atoms with van der Waals surface area (Å²) >= 11 is 0. The number of aliphatic hydroxyl groups excluding tert-OH is 1. The lowest BCUT2D eigenvalue weighted by atomic mass is 10.1. The van der Waals surface area contributed by atoms with Crippen LogP contribution in [0.25, 0.3) is 0 Å². The second-order valence-electron chi connectivity index (χ2n) is 3.60. The predicted octanol–water partition coefficient (Wildman–Crippen LogP) is 3.06. The van der Waals surface area contributed by atoms with Crippen molar-refractivity contribution in [1.82, 2.24) is 0 Å². The molecule has 0 aliphatic rings. The minimum atomic E-state index is -0.672. The monoisotopic (exact) mass is 212 g/mol. The molecule has 0 aliphatic carbocycles. The van der Waals surface area contributed by atoms with Gasteiger partial charge in [0.2, 0.25) is 0 Å². The number of benzene rings is 1. The molecule has 1 aromatic rings. The fourth-order valence-corrected chi connectivity index (χ4v) is 1.24. The van der Waals surface area contributed by atoms with E-state index in [4.69, 9.17) is 4.74 Å². The Morgan fingerprint density at radius 1 is 1.40 bits per heavy atom. The van der Waals surface area contributed by atoms with Gasteiger partial charge < -0.3 is 9.84 Å². The van der Waals surface area contributed by atoms with E-state index < -0.39 is 6.10 Å². The fourth-order valence-electron chi connectivity index (χ4n) is 1.24. The number of rotatable bonds is 5. The first kappa shape index (κ1) is 12.0. The van der Waals surface area contributed by atoms with Gasteiger partial charge in [0.25, 0.3) is 0 Å². The zero-order valence-electron chi connectivity index (χ0n) is 9.16. The topological polar surface area (TPSA) is 29.5 Å². The van der Waals surface area contributed by atoms with E-state index in [1.54, 1.807) is 13.0 Å². The summed E-state index contributed by atoms with van der Waals surface area (Å²) in [5, 5.41) is 9.32. The van der Waals surface area contributed by atoms with Crippen molar-refractivity contribution in [2.24, 2.45) is 0 Å². The molecule has 0 bridgehead atoms. The largest absolute Gasteiger partial charge is 0.493 e. The first-order chi connectivity index (χ1) is 7.13. The smallest absolute Gasteiger partial charge is 0.127 e. The molecular formula is C12H17FO2. The second-order valence-corrected chi connectivity index (χ2v) is 3.60. The van der Waals surface area contributed by atoms with Gasteiger partial charge in [0, 0.05) is 6.07 Å². The van der Waals surface area contributed by atoms with Gasteiger partial charge in [0.05, 0.1) is 12.7 Å². The molecule has 1 aromatic carbocycles. The number of ether oxygens (including phenoxy) is 1. The van der Waals surface area contributed by atoms with Crippen LogP contribution in [0.4, 0.5) is 4.39 Å². The quantitative estimate of drug-likeness (QED) is 0.760. The summed E-state index contributed by atoms with van der Waals surface area (Å²) in [6.45, 7) is 4.25. The van der Waals surface area contributed by atoms with Gasteiger partial charge in [0.1, 0.15) is 11.6 Å². The zero-order valence-corrected chi connectivity index (χ0v) is 9.16. The summed E-state index contributed by atoms with van der Waals surface area (Å²) in [7, 11) is 0. The average Bonchev–Trinajstić information content (AvgIpc) is 2.17. The van der Waals surface area contributed by atoms with Gasteiger partial charge in [-0.15, -0.1) is 0 Å². The first-order valence-electron chi connectivity index (χ1n) is 5.25. The molecule has 0 fully saturated rings. The highest BCUT2D eigenvalue weighted by molar-refractivity contribution is 5.30. The van der Waals surface area contributed by atoms with E-state index in [0.29, 0.717) is 17.9 Å². The van der Waals surface area contributed by atoms with Crippen LogP contribution in [-0.2, 0) is 0 Å². The molecule has 0 aromatic heterocycles. The number of unbranched alkanes of at least 4 members (excludes halogenated alkanes) is 1. The first-order valence-corrected chi connectivity index (χ1v) is 5.25. The van der Waals surface area contributed by atoms with E-state index in [0.717, 1.165) is 12.8 Å². The molecule has 0 aliphatic heterocycles. The lowest BCUT2D eigenvalue weighted by Gasteiger charge is -2.09. The Morgan fingerprint density at radius 2 is 2.13 bits per heavy atom. The minimum absolute atomic E-state index is 0.375.